The Balaban J connectivity index is 2.64. The Morgan fingerprint density at radius 1 is 1.23 bits per heavy atom. The number of thiocarbonyl (C=S) groups is 1. The van der Waals surface area contributed by atoms with Crippen LogP contribution in [0.25, 0.3) is 11.1 Å². The van der Waals surface area contributed by atoms with Gasteiger partial charge in [0.2, 0.25) is 0 Å². The lowest BCUT2D eigenvalue weighted by Gasteiger charge is -2.18. The van der Waals surface area contributed by atoms with E-state index >= 15 is 0 Å². The first kappa shape index (κ1) is 21.2. The molecule has 0 saturated heterocycles. The van der Waals surface area contributed by atoms with E-state index in [1.807, 2.05) is 45.0 Å². The second-order valence-corrected chi connectivity index (χ2v) is 9.63. The van der Waals surface area contributed by atoms with Crippen LogP contribution in [0.15, 0.2) is 40.8 Å². The fraction of sp³-hybridized carbons (Fsp3) is 0.263. The molecule has 2 aromatic rings. The minimum absolute atomic E-state index is 0.354. The summed E-state index contributed by atoms with van der Waals surface area (Å²) in [5.41, 5.74) is 2.90. The van der Waals surface area contributed by atoms with Crippen molar-refractivity contribution in [3.05, 3.63) is 57.6 Å². The SMILES string of the molecule is COC(=S)c1ccccc1-c1c(Cl)cc(Cl)cc1C=N[S+]([O-])C(C)(C)C. The summed E-state index contributed by atoms with van der Waals surface area (Å²) < 4.78 is 21.2. The second-order valence-electron chi connectivity index (χ2n) is 6.49. The molecule has 2 rings (SSSR count). The Morgan fingerprint density at radius 2 is 1.88 bits per heavy atom. The van der Waals surface area contributed by atoms with Gasteiger partial charge in [0.1, 0.15) is 16.1 Å². The summed E-state index contributed by atoms with van der Waals surface area (Å²) in [6, 6.07) is 10.9. The van der Waals surface area contributed by atoms with Crippen LogP contribution in [0.1, 0.15) is 31.9 Å². The van der Waals surface area contributed by atoms with Crippen LogP contribution in [0, 0.1) is 0 Å². The number of hydrogen-bond donors (Lipinski definition) is 0. The molecule has 0 aromatic heterocycles. The average Bonchev–Trinajstić information content (AvgIpc) is 2.57. The van der Waals surface area contributed by atoms with Crippen LogP contribution < -0.4 is 0 Å². The highest BCUT2D eigenvalue weighted by Crippen LogP contribution is 2.36. The molecule has 0 amide bonds. The molecule has 0 aliphatic rings. The smallest absolute Gasteiger partial charge is 0.191 e. The van der Waals surface area contributed by atoms with E-state index in [9.17, 15) is 4.55 Å². The first-order valence-electron chi connectivity index (χ1n) is 7.78. The largest absolute Gasteiger partial charge is 0.591 e. The molecule has 0 aliphatic carbocycles. The number of hydrogen-bond acceptors (Lipinski definition) is 4. The van der Waals surface area contributed by atoms with Gasteiger partial charge in [-0.3, -0.25) is 0 Å². The van der Waals surface area contributed by atoms with Gasteiger partial charge in [0.15, 0.2) is 5.05 Å². The van der Waals surface area contributed by atoms with Crippen molar-refractivity contribution in [2.75, 3.05) is 7.11 Å². The normalized spacial score (nSPS) is 13.0. The number of rotatable bonds is 4. The fourth-order valence-electron chi connectivity index (χ4n) is 2.23. The Kier molecular flexibility index (Phi) is 7.11. The van der Waals surface area contributed by atoms with Crippen molar-refractivity contribution >= 4 is 58.0 Å². The van der Waals surface area contributed by atoms with Gasteiger partial charge in [-0.05, 0) is 56.8 Å². The summed E-state index contributed by atoms with van der Waals surface area (Å²) in [6.45, 7) is 5.58. The minimum Gasteiger partial charge on any atom is -0.591 e. The van der Waals surface area contributed by atoms with Crippen LogP contribution in [0.4, 0.5) is 0 Å². The van der Waals surface area contributed by atoms with Crippen molar-refractivity contribution in [3.8, 4) is 11.1 Å². The highest BCUT2D eigenvalue weighted by atomic mass is 35.5. The predicted octanol–water partition coefficient (Wildman–Crippen LogP) is 5.86. The molecule has 0 fully saturated rings. The predicted molar refractivity (Wildman–Crippen MR) is 116 cm³/mol. The Bertz CT molecular complexity index is 848. The van der Waals surface area contributed by atoms with Gasteiger partial charge < -0.3 is 9.29 Å². The van der Waals surface area contributed by atoms with Gasteiger partial charge in [-0.15, -0.1) is 0 Å². The molecule has 26 heavy (non-hydrogen) atoms. The van der Waals surface area contributed by atoms with E-state index in [2.05, 4.69) is 4.40 Å². The lowest BCUT2D eigenvalue weighted by molar-refractivity contribution is 0.416. The minimum atomic E-state index is -1.40. The molecule has 0 N–H and O–H groups in total. The van der Waals surface area contributed by atoms with Crippen LogP contribution in [0.3, 0.4) is 0 Å². The number of methoxy groups -OCH3 is 1. The summed E-state index contributed by atoms with van der Waals surface area (Å²) in [6.07, 6.45) is 1.54. The summed E-state index contributed by atoms with van der Waals surface area (Å²) >= 11 is 16.6. The average molecular weight is 428 g/mol. The van der Waals surface area contributed by atoms with Crippen LogP contribution in [0.2, 0.25) is 10.0 Å². The van der Waals surface area contributed by atoms with E-state index in [1.54, 1.807) is 18.3 Å². The Morgan fingerprint density at radius 3 is 2.50 bits per heavy atom. The third-order valence-corrected chi connectivity index (χ3v) is 5.75. The molecule has 0 heterocycles. The third-order valence-electron chi connectivity index (χ3n) is 3.50. The summed E-state index contributed by atoms with van der Waals surface area (Å²) in [5, 5.41) is 1.27. The molecule has 7 heteroatoms. The Hall–Kier alpha value is -1.11. The maximum atomic E-state index is 12.3. The van der Waals surface area contributed by atoms with E-state index < -0.39 is 16.1 Å². The molecular formula is C19H19Cl2NO2S2. The van der Waals surface area contributed by atoms with Gasteiger partial charge in [-0.1, -0.05) is 45.8 Å². The van der Waals surface area contributed by atoms with E-state index in [0.29, 0.717) is 26.2 Å². The molecule has 0 bridgehead atoms. The van der Waals surface area contributed by atoms with Gasteiger partial charge in [0.25, 0.3) is 0 Å². The van der Waals surface area contributed by atoms with Crippen molar-refractivity contribution in [2.24, 2.45) is 4.40 Å². The first-order valence-corrected chi connectivity index (χ1v) is 10.0. The van der Waals surface area contributed by atoms with Crippen molar-refractivity contribution in [3.63, 3.8) is 0 Å². The van der Waals surface area contributed by atoms with Gasteiger partial charge in [-0.2, -0.15) is 0 Å². The zero-order valence-electron chi connectivity index (χ0n) is 14.9. The third kappa shape index (κ3) is 4.99. The quantitative estimate of drug-likeness (QED) is 0.348. The number of benzene rings is 2. The fourth-order valence-corrected chi connectivity index (χ4v) is 3.55. The highest BCUT2D eigenvalue weighted by Gasteiger charge is 2.26. The van der Waals surface area contributed by atoms with Gasteiger partial charge >= 0.3 is 0 Å². The number of halogens is 2. The van der Waals surface area contributed by atoms with Crippen molar-refractivity contribution < 1.29 is 9.29 Å². The summed E-state index contributed by atoms with van der Waals surface area (Å²) in [4.78, 5) is 0. The lowest BCUT2D eigenvalue weighted by atomic mass is 9.96. The monoisotopic (exact) mass is 427 g/mol. The van der Waals surface area contributed by atoms with Gasteiger partial charge in [0, 0.05) is 21.7 Å². The van der Waals surface area contributed by atoms with Crippen LogP contribution in [-0.4, -0.2) is 27.7 Å². The van der Waals surface area contributed by atoms with E-state index in [0.717, 1.165) is 11.1 Å². The zero-order chi connectivity index (χ0) is 19.5. The second kappa shape index (κ2) is 8.72. The standard InChI is InChI=1S/C19H19Cl2NO2S2/c1-19(2,3)26(23)22-11-12-9-13(20)10-16(21)17(12)14-7-5-6-8-15(14)18(25)24-4/h5-11H,1-4H3. The molecular weight excluding hydrogens is 409 g/mol. The van der Waals surface area contributed by atoms with E-state index in [-0.39, 0.29) is 0 Å². The zero-order valence-corrected chi connectivity index (χ0v) is 18.0. The molecule has 138 valence electrons. The molecule has 2 aromatic carbocycles. The lowest BCUT2D eigenvalue weighted by Crippen LogP contribution is -2.25. The molecule has 0 spiro atoms. The maximum Gasteiger partial charge on any atom is 0.191 e. The molecule has 0 saturated carbocycles. The van der Waals surface area contributed by atoms with E-state index in [1.165, 1.54) is 7.11 Å². The molecule has 3 nitrogen and oxygen atoms in total. The molecule has 1 unspecified atom stereocenters. The first-order chi connectivity index (χ1) is 12.1. The summed E-state index contributed by atoms with van der Waals surface area (Å²) in [5.74, 6) is 0. The van der Waals surface area contributed by atoms with Crippen LogP contribution in [0.5, 0.6) is 0 Å². The van der Waals surface area contributed by atoms with Gasteiger partial charge in [0.05, 0.1) is 18.3 Å². The molecule has 0 aliphatic heterocycles. The van der Waals surface area contributed by atoms with E-state index in [4.69, 9.17) is 40.2 Å². The Labute approximate surface area is 172 Å². The number of nitrogens with zero attached hydrogens (tertiary/aromatic N) is 1. The van der Waals surface area contributed by atoms with Crippen molar-refractivity contribution in [1.82, 2.24) is 0 Å². The number of ether oxygens (including phenoxy) is 1. The summed E-state index contributed by atoms with van der Waals surface area (Å²) in [7, 11) is 1.53. The molecule has 1 atom stereocenters. The van der Waals surface area contributed by atoms with Crippen molar-refractivity contribution in [1.29, 1.82) is 0 Å². The van der Waals surface area contributed by atoms with Crippen LogP contribution >= 0.6 is 35.4 Å². The van der Waals surface area contributed by atoms with Gasteiger partial charge in [-0.25, -0.2) is 0 Å². The molecule has 0 radical (unpaired) electrons. The highest BCUT2D eigenvalue weighted by molar-refractivity contribution is 7.91. The topological polar surface area (TPSA) is 44.6 Å². The maximum absolute atomic E-state index is 12.3. The van der Waals surface area contributed by atoms with Crippen molar-refractivity contribution in [2.45, 2.75) is 25.5 Å². The van der Waals surface area contributed by atoms with Crippen LogP contribution in [-0.2, 0) is 16.1 Å².